The number of hydrogen-bond acceptors (Lipinski definition) is 5. The number of carboxylic acids is 1. The number of carboxylic acid groups (broad SMARTS) is 1. The average Bonchev–Trinajstić information content (AvgIpc) is 3.17. The van der Waals surface area contributed by atoms with Gasteiger partial charge in [0.05, 0.1) is 13.0 Å². The Kier molecular flexibility index (Phi) is 7.68. The molecule has 8 nitrogen and oxygen atoms in total. The van der Waals surface area contributed by atoms with Gasteiger partial charge >= 0.3 is 12.1 Å². The Morgan fingerprint density at radius 2 is 1.77 bits per heavy atom. The zero-order valence-electron chi connectivity index (χ0n) is 19.2. The van der Waals surface area contributed by atoms with Crippen LogP contribution in [0.25, 0.3) is 11.1 Å². The van der Waals surface area contributed by atoms with Gasteiger partial charge in [0.2, 0.25) is 5.91 Å². The van der Waals surface area contributed by atoms with Gasteiger partial charge in [0.15, 0.2) is 0 Å². The lowest BCUT2D eigenvalue weighted by atomic mass is 9.92. The van der Waals surface area contributed by atoms with E-state index in [1.54, 1.807) is 0 Å². The lowest BCUT2D eigenvalue weighted by molar-refractivity contribution is -0.140. The van der Waals surface area contributed by atoms with E-state index in [1.165, 1.54) is 0 Å². The molecule has 1 aliphatic heterocycles. The van der Waals surface area contributed by atoms with Gasteiger partial charge in [0.25, 0.3) is 0 Å². The molecule has 35 heavy (non-hydrogen) atoms. The van der Waals surface area contributed by atoms with Crippen molar-refractivity contribution in [1.29, 1.82) is 0 Å². The summed E-state index contributed by atoms with van der Waals surface area (Å²) in [6.07, 6.45) is 5.03. The van der Waals surface area contributed by atoms with Crippen molar-refractivity contribution in [2.45, 2.75) is 37.3 Å². The van der Waals surface area contributed by atoms with Gasteiger partial charge in [-0.3, -0.25) is 9.59 Å². The predicted molar refractivity (Wildman–Crippen MR) is 129 cm³/mol. The second-order valence-corrected chi connectivity index (χ2v) is 8.77. The first kappa shape index (κ1) is 24.3. The Hall–Kier alpha value is -3.83. The highest BCUT2D eigenvalue weighted by Crippen LogP contribution is 2.44. The molecule has 2 aromatic rings. The molecule has 3 N–H and O–H groups in total. The van der Waals surface area contributed by atoms with Gasteiger partial charge in [0.1, 0.15) is 12.6 Å². The van der Waals surface area contributed by atoms with Crippen LogP contribution in [0.3, 0.4) is 0 Å². The highest BCUT2D eigenvalue weighted by atomic mass is 16.5. The Morgan fingerprint density at radius 3 is 2.40 bits per heavy atom. The van der Waals surface area contributed by atoms with E-state index >= 15 is 0 Å². The van der Waals surface area contributed by atoms with Gasteiger partial charge in [-0.2, -0.15) is 0 Å². The summed E-state index contributed by atoms with van der Waals surface area (Å²) < 4.78 is 10.9. The zero-order chi connectivity index (χ0) is 24.8. The molecule has 3 atom stereocenters. The molecular formula is C27H28N2O6. The van der Waals surface area contributed by atoms with Crippen molar-refractivity contribution in [3.63, 3.8) is 0 Å². The van der Waals surface area contributed by atoms with Crippen LogP contribution in [0.15, 0.2) is 48.5 Å². The number of hydrogen-bond donors (Lipinski definition) is 3. The Balaban J connectivity index is 1.37. The molecular weight excluding hydrogens is 448 g/mol. The van der Waals surface area contributed by atoms with Crippen LogP contribution in [0.2, 0.25) is 0 Å². The Bertz CT molecular complexity index is 1090. The third-order valence-corrected chi connectivity index (χ3v) is 6.51. The summed E-state index contributed by atoms with van der Waals surface area (Å²) in [4.78, 5) is 36.7. The van der Waals surface area contributed by atoms with Gasteiger partial charge in [-0.1, -0.05) is 48.5 Å². The maximum absolute atomic E-state index is 12.9. The molecule has 2 amide bonds. The maximum atomic E-state index is 12.9. The predicted octanol–water partition coefficient (Wildman–Crippen LogP) is 2.91. The number of carbonyl (C=O) groups excluding carboxylic acids is 2. The number of aliphatic carboxylic acids is 1. The largest absolute Gasteiger partial charge is 0.481 e. The molecule has 1 saturated heterocycles. The Morgan fingerprint density at radius 1 is 1.11 bits per heavy atom. The van der Waals surface area contributed by atoms with Crippen LogP contribution in [0.4, 0.5) is 4.79 Å². The minimum atomic E-state index is -0.996. The van der Waals surface area contributed by atoms with E-state index in [4.69, 9.17) is 21.0 Å². The average molecular weight is 477 g/mol. The molecule has 1 heterocycles. The summed E-state index contributed by atoms with van der Waals surface area (Å²) in [5, 5.41) is 14.5. The molecule has 0 bridgehead atoms. The van der Waals surface area contributed by atoms with E-state index in [-0.39, 0.29) is 43.9 Å². The van der Waals surface area contributed by atoms with Crippen LogP contribution in [-0.2, 0) is 19.1 Å². The van der Waals surface area contributed by atoms with Crippen LogP contribution in [0.1, 0.15) is 36.3 Å². The summed E-state index contributed by atoms with van der Waals surface area (Å²) in [6.45, 7) is 0.780. The fourth-order valence-electron chi connectivity index (χ4n) is 4.81. The zero-order valence-corrected chi connectivity index (χ0v) is 19.2. The van der Waals surface area contributed by atoms with Gasteiger partial charge in [-0.25, -0.2) is 4.79 Å². The minimum Gasteiger partial charge on any atom is -0.481 e. The highest BCUT2D eigenvalue weighted by molar-refractivity contribution is 5.86. The van der Waals surface area contributed by atoms with Crippen molar-refractivity contribution in [3.05, 3.63) is 59.7 Å². The number of alkyl carbamates (subject to hydrolysis) is 1. The van der Waals surface area contributed by atoms with Crippen molar-refractivity contribution < 1.29 is 29.0 Å². The van der Waals surface area contributed by atoms with E-state index in [2.05, 4.69) is 28.7 Å². The van der Waals surface area contributed by atoms with Crippen LogP contribution in [0.5, 0.6) is 0 Å². The number of terminal acetylenes is 1. The molecule has 3 unspecified atom stereocenters. The van der Waals surface area contributed by atoms with Crippen LogP contribution < -0.4 is 10.6 Å². The summed E-state index contributed by atoms with van der Waals surface area (Å²) in [7, 11) is 0. The number of nitrogens with one attached hydrogen (secondary N) is 2. The Labute approximate surface area is 204 Å². The van der Waals surface area contributed by atoms with Gasteiger partial charge < -0.3 is 25.2 Å². The van der Waals surface area contributed by atoms with Gasteiger partial charge in [0, 0.05) is 30.9 Å². The number of amides is 2. The minimum absolute atomic E-state index is 0.0250. The first-order valence-electron chi connectivity index (χ1n) is 11.6. The SMILES string of the molecule is C#CCC(NC(=O)OCC1c2ccccc2-c2ccccc21)C(=O)NC1CCOCC1CC(=O)O. The summed E-state index contributed by atoms with van der Waals surface area (Å²) >= 11 is 0. The molecule has 1 fully saturated rings. The molecule has 0 aromatic heterocycles. The molecule has 182 valence electrons. The standard InChI is InChI=1S/C27H28N2O6/c1-2-7-24(26(32)28-23-12-13-34-15-17(23)14-25(30)31)29-27(33)35-16-22-20-10-5-3-8-18(20)19-9-4-6-11-21(19)22/h1,3-6,8-11,17,22-24H,7,12-16H2,(H,28,32)(H,29,33)(H,30,31). The quantitative estimate of drug-likeness (QED) is 0.505. The van der Waals surface area contributed by atoms with E-state index < -0.39 is 24.0 Å². The van der Waals surface area contributed by atoms with E-state index in [0.717, 1.165) is 22.3 Å². The number of rotatable bonds is 8. The van der Waals surface area contributed by atoms with Gasteiger partial charge in [-0.15, -0.1) is 12.3 Å². The second-order valence-electron chi connectivity index (χ2n) is 8.77. The summed E-state index contributed by atoms with van der Waals surface area (Å²) in [5.41, 5.74) is 4.41. The van der Waals surface area contributed by atoms with Crippen molar-refractivity contribution >= 4 is 18.0 Å². The molecule has 2 aliphatic rings. The number of carbonyl (C=O) groups is 3. The van der Waals surface area contributed by atoms with Crippen LogP contribution in [0, 0.1) is 18.3 Å². The van der Waals surface area contributed by atoms with E-state index in [1.807, 2.05) is 36.4 Å². The van der Waals surface area contributed by atoms with Crippen molar-refractivity contribution in [2.24, 2.45) is 5.92 Å². The summed E-state index contributed by atoms with van der Waals surface area (Å²) in [5.74, 6) is 0.513. The molecule has 4 rings (SSSR count). The van der Waals surface area contributed by atoms with Crippen molar-refractivity contribution in [3.8, 4) is 23.5 Å². The van der Waals surface area contributed by atoms with Crippen LogP contribution in [-0.4, -0.2) is 55.0 Å². The van der Waals surface area contributed by atoms with Crippen LogP contribution >= 0.6 is 0 Å². The molecule has 0 spiro atoms. The fraction of sp³-hybridized carbons (Fsp3) is 0.370. The maximum Gasteiger partial charge on any atom is 0.407 e. The number of fused-ring (bicyclic) bond motifs is 3. The van der Waals surface area contributed by atoms with Crippen molar-refractivity contribution in [2.75, 3.05) is 19.8 Å². The lowest BCUT2D eigenvalue weighted by Crippen LogP contribution is -2.53. The highest BCUT2D eigenvalue weighted by Gasteiger charge is 2.32. The topological polar surface area (TPSA) is 114 Å². The third kappa shape index (κ3) is 5.64. The summed E-state index contributed by atoms with van der Waals surface area (Å²) in [6, 6.07) is 14.7. The molecule has 1 aliphatic carbocycles. The fourth-order valence-corrected chi connectivity index (χ4v) is 4.81. The first-order chi connectivity index (χ1) is 17.0. The number of benzene rings is 2. The van der Waals surface area contributed by atoms with Gasteiger partial charge in [-0.05, 0) is 28.7 Å². The molecule has 0 radical (unpaired) electrons. The second kappa shape index (κ2) is 11.1. The monoisotopic (exact) mass is 476 g/mol. The number of ether oxygens (including phenoxy) is 2. The third-order valence-electron chi connectivity index (χ3n) is 6.51. The smallest absolute Gasteiger partial charge is 0.407 e. The normalized spacial score (nSPS) is 19.5. The lowest BCUT2D eigenvalue weighted by Gasteiger charge is -2.32. The molecule has 0 saturated carbocycles. The van der Waals surface area contributed by atoms with E-state index in [9.17, 15) is 14.4 Å². The first-order valence-corrected chi connectivity index (χ1v) is 11.6. The van der Waals surface area contributed by atoms with Crippen molar-refractivity contribution in [1.82, 2.24) is 10.6 Å². The van der Waals surface area contributed by atoms with E-state index in [0.29, 0.717) is 13.0 Å². The molecule has 2 aromatic carbocycles. The molecule has 8 heteroatoms.